The summed E-state index contributed by atoms with van der Waals surface area (Å²) in [5.74, 6) is 0.692. The highest BCUT2D eigenvalue weighted by molar-refractivity contribution is 5.79. The highest BCUT2D eigenvalue weighted by Crippen LogP contribution is 2.30. The molecular weight excluding hydrogens is 535 g/mol. The Morgan fingerprint density at radius 3 is 2.50 bits per heavy atom. The van der Waals surface area contributed by atoms with E-state index in [1.807, 2.05) is 63.1 Å². The molecule has 2 aromatic heterocycles. The van der Waals surface area contributed by atoms with Crippen LogP contribution in [0.4, 0.5) is 16.3 Å². The lowest BCUT2D eigenvalue weighted by molar-refractivity contribution is -0.157. The van der Waals surface area contributed by atoms with Gasteiger partial charge in [0.1, 0.15) is 5.82 Å². The van der Waals surface area contributed by atoms with Crippen molar-refractivity contribution in [3.05, 3.63) is 82.5 Å². The van der Waals surface area contributed by atoms with Gasteiger partial charge in [0.2, 0.25) is 11.9 Å². The molecule has 1 saturated heterocycles. The number of hydrogen-bond acceptors (Lipinski definition) is 7. The van der Waals surface area contributed by atoms with Gasteiger partial charge in [0, 0.05) is 50.8 Å². The van der Waals surface area contributed by atoms with Crippen LogP contribution in [0.5, 0.6) is 0 Å². The molecular formula is C32H39FN6O3. The number of aromatic nitrogens is 4. The number of para-hydroxylation sites is 2. The Kier molecular flexibility index (Phi) is 8.89. The van der Waals surface area contributed by atoms with Crippen molar-refractivity contribution in [2.45, 2.75) is 65.3 Å². The molecule has 0 spiro atoms. The van der Waals surface area contributed by atoms with Gasteiger partial charge in [0.15, 0.2) is 6.23 Å². The summed E-state index contributed by atoms with van der Waals surface area (Å²) in [5.41, 5.74) is 2.71. The number of anilines is 2. The van der Waals surface area contributed by atoms with E-state index in [0.29, 0.717) is 25.3 Å². The van der Waals surface area contributed by atoms with E-state index in [-0.39, 0.29) is 29.3 Å². The Labute approximate surface area is 245 Å². The zero-order valence-corrected chi connectivity index (χ0v) is 24.7. The molecule has 5 rings (SSSR count). The average molecular weight is 575 g/mol. The van der Waals surface area contributed by atoms with Crippen LogP contribution >= 0.6 is 0 Å². The van der Waals surface area contributed by atoms with Crippen LogP contribution in [0.3, 0.4) is 0 Å². The maximum atomic E-state index is 13.6. The molecule has 0 aliphatic carbocycles. The first-order chi connectivity index (χ1) is 20.3. The molecule has 9 nitrogen and oxygen atoms in total. The van der Waals surface area contributed by atoms with E-state index in [1.54, 1.807) is 0 Å². The van der Waals surface area contributed by atoms with E-state index in [2.05, 4.69) is 20.5 Å². The van der Waals surface area contributed by atoms with Crippen molar-refractivity contribution in [2.75, 3.05) is 29.9 Å². The number of piperidine rings is 1. The molecule has 1 atom stereocenters. The topological polar surface area (TPSA) is 85.5 Å². The van der Waals surface area contributed by atoms with Gasteiger partial charge in [-0.1, -0.05) is 45.0 Å². The number of hydrogen-bond donors (Lipinski definition) is 0. The summed E-state index contributed by atoms with van der Waals surface area (Å²) >= 11 is 0. The summed E-state index contributed by atoms with van der Waals surface area (Å²) in [6, 6.07) is 16.2. The molecule has 0 bridgehead atoms. The zero-order chi connectivity index (χ0) is 29.8. The third-order valence-corrected chi connectivity index (χ3v) is 7.89. The van der Waals surface area contributed by atoms with Crippen LogP contribution < -0.4 is 15.4 Å². The molecule has 1 fully saturated rings. The van der Waals surface area contributed by atoms with Crippen molar-refractivity contribution in [3.8, 4) is 0 Å². The van der Waals surface area contributed by atoms with E-state index >= 15 is 0 Å². The van der Waals surface area contributed by atoms with Gasteiger partial charge in [-0.2, -0.15) is 0 Å². The average Bonchev–Trinajstić information content (AvgIpc) is 3.35. The van der Waals surface area contributed by atoms with Crippen molar-refractivity contribution in [2.24, 2.45) is 5.92 Å². The standard InChI is InChI=1S/C32H39FN6O3/c1-5-8-29(41)42-30(22(2)3)39-28(40)15-18-34-31(39)36(4)25-16-19-37(20-17-25)32-35-26-9-6-7-10-27(26)38(32)21-23-11-13-24(33)14-12-23/h6-7,9-15,18,22,25,30H,5,8,16-17,19-21H2,1-4H3. The quantitative estimate of drug-likeness (QED) is 0.235. The Balaban J connectivity index is 1.37. The number of carbonyl (C=O) groups is 1. The maximum absolute atomic E-state index is 13.6. The second kappa shape index (κ2) is 12.8. The van der Waals surface area contributed by atoms with Crippen molar-refractivity contribution >= 4 is 28.9 Å². The van der Waals surface area contributed by atoms with Crippen LogP contribution in [0.15, 0.2) is 65.6 Å². The lowest BCUT2D eigenvalue weighted by Gasteiger charge is -2.39. The maximum Gasteiger partial charge on any atom is 0.307 e. The van der Waals surface area contributed by atoms with Gasteiger partial charge >= 0.3 is 5.97 Å². The fraction of sp³-hybridized carbons (Fsp3) is 0.438. The van der Waals surface area contributed by atoms with Gasteiger partial charge < -0.3 is 19.1 Å². The third-order valence-electron chi connectivity index (χ3n) is 7.89. The summed E-state index contributed by atoms with van der Waals surface area (Å²) in [6.45, 7) is 7.90. The van der Waals surface area contributed by atoms with Crippen LogP contribution in [-0.4, -0.2) is 51.3 Å². The molecule has 0 saturated carbocycles. The number of carbonyl (C=O) groups excluding carboxylic acids is 1. The van der Waals surface area contributed by atoms with Crippen molar-refractivity contribution in [1.82, 2.24) is 19.1 Å². The third kappa shape index (κ3) is 6.17. The predicted molar refractivity (Wildman–Crippen MR) is 162 cm³/mol. The molecule has 1 aliphatic heterocycles. The zero-order valence-electron chi connectivity index (χ0n) is 24.7. The second-order valence-electron chi connectivity index (χ2n) is 11.3. The number of rotatable bonds is 10. The SMILES string of the molecule is CCCC(=O)OC(C(C)C)n1c(N(C)C2CCN(c3nc4ccccc4n3Cc3ccc(F)cc3)CC2)nccc1=O. The molecule has 2 aromatic carbocycles. The van der Waals surface area contributed by atoms with E-state index in [4.69, 9.17) is 9.72 Å². The first kappa shape index (κ1) is 29.3. The number of halogens is 1. The molecule has 1 unspecified atom stereocenters. The minimum atomic E-state index is -0.742. The minimum Gasteiger partial charge on any atom is -0.441 e. The van der Waals surface area contributed by atoms with E-state index in [0.717, 1.165) is 48.5 Å². The van der Waals surface area contributed by atoms with Gasteiger partial charge in [0.05, 0.1) is 17.6 Å². The fourth-order valence-electron chi connectivity index (χ4n) is 5.64. The molecule has 0 N–H and O–H groups in total. The molecule has 0 radical (unpaired) electrons. The molecule has 222 valence electrons. The Bertz CT molecular complexity index is 1570. The fourth-order valence-corrected chi connectivity index (χ4v) is 5.64. The van der Waals surface area contributed by atoms with Crippen LogP contribution in [0.2, 0.25) is 0 Å². The number of fused-ring (bicyclic) bond motifs is 1. The molecule has 10 heteroatoms. The summed E-state index contributed by atoms with van der Waals surface area (Å²) < 4.78 is 23.1. The molecule has 0 amide bonds. The van der Waals surface area contributed by atoms with Gasteiger partial charge in [-0.25, -0.2) is 18.9 Å². The Morgan fingerprint density at radius 2 is 1.81 bits per heavy atom. The predicted octanol–water partition coefficient (Wildman–Crippen LogP) is 5.38. The first-order valence-corrected chi connectivity index (χ1v) is 14.7. The van der Waals surface area contributed by atoms with Gasteiger partial charge in [0.25, 0.3) is 5.56 Å². The van der Waals surface area contributed by atoms with E-state index in [1.165, 1.54) is 29.0 Å². The number of benzene rings is 2. The Morgan fingerprint density at radius 1 is 1.10 bits per heavy atom. The molecule has 42 heavy (non-hydrogen) atoms. The lowest BCUT2D eigenvalue weighted by Crippen LogP contribution is -2.46. The van der Waals surface area contributed by atoms with E-state index in [9.17, 15) is 14.0 Å². The van der Waals surface area contributed by atoms with Crippen molar-refractivity contribution in [1.29, 1.82) is 0 Å². The normalized spacial score (nSPS) is 14.9. The smallest absolute Gasteiger partial charge is 0.307 e. The highest BCUT2D eigenvalue weighted by Gasteiger charge is 2.31. The van der Waals surface area contributed by atoms with Crippen LogP contribution in [0.1, 0.15) is 58.2 Å². The number of nitrogens with zero attached hydrogens (tertiary/aromatic N) is 6. The van der Waals surface area contributed by atoms with Gasteiger partial charge in [-0.15, -0.1) is 0 Å². The summed E-state index contributed by atoms with van der Waals surface area (Å²) in [5, 5.41) is 0. The van der Waals surface area contributed by atoms with E-state index < -0.39 is 6.23 Å². The molecule has 3 heterocycles. The first-order valence-electron chi connectivity index (χ1n) is 14.7. The summed E-state index contributed by atoms with van der Waals surface area (Å²) in [6.07, 6.45) is 3.39. The highest BCUT2D eigenvalue weighted by atomic mass is 19.1. The van der Waals surface area contributed by atoms with Crippen LogP contribution in [-0.2, 0) is 16.1 Å². The van der Waals surface area contributed by atoms with Crippen molar-refractivity contribution < 1.29 is 13.9 Å². The molecule has 1 aliphatic rings. The minimum absolute atomic E-state index is 0.115. The van der Waals surface area contributed by atoms with Gasteiger partial charge in [-0.05, 0) is 49.1 Å². The van der Waals surface area contributed by atoms with Gasteiger partial charge in [-0.3, -0.25) is 9.59 Å². The van der Waals surface area contributed by atoms with Crippen LogP contribution in [0, 0.1) is 11.7 Å². The Hall–Kier alpha value is -4.21. The largest absolute Gasteiger partial charge is 0.441 e. The number of imidazole rings is 1. The lowest BCUT2D eigenvalue weighted by atomic mass is 10.0. The van der Waals surface area contributed by atoms with Crippen molar-refractivity contribution in [3.63, 3.8) is 0 Å². The second-order valence-corrected chi connectivity index (χ2v) is 11.3. The summed E-state index contributed by atoms with van der Waals surface area (Å²) in [4.78, 5) is 39.4. The molecule has 4 aromatic rings. The van der Waals surface area contributed by atoms with Crippen LogP contribution in [0.25, 0.3) is 11.0 Å². The number of esters is 1. The number of ether oxygens (including phenoxy) is 1. The monoisotopic (exact) mass is 574 g/mol. The summed E-state index contributed by atoms with van der Waals surface area (Å²) in [7, 11) is 1.95.